The van der Waals surface area contributed by atoms with E-state index in [0.717, 1.165) is 23.8 Å². The largest absolute Gasteiger partial charge is 0.507 e. The third kappa shape index (κ3) is 3.38. The molecule has 1 fully saturated rings. The molecule has 0 radical (unpaired) electrons. The zero-order valence-corrected chi connectivity index (χ0v) is 12.2. The number of aromatic amines is 1. The number of phenols is 1. The van der Waals surface area contributed by atoms with Gasteiger partial charge in [-0.15, -0.1) is 0 Å². The van der Waals surface area contributed by atoms with Gasteiger partial charge in [0.2, 0.25) is 0 Å². The summed E-state index contributed by atoms with van der Waals surface area (Å²) in [6.07, 6.45) is 11.2. The highest BCUT2D eigenvalue weighted by Crippen LogP contribution is 2.36. The molecule has 1 aliphatic carbocycles. The maximum absolute atomic E-state index is 10.1. The first-order valence-corrected chi connectivity index (χ1v) is 7.78. The summed E-state index contributed by atoms with van der Waals surface area (Å²) in [5.41, 5.74) is 1.47. The van der Waals surface area contributed by atoms with Crippen molar-refractivity contribution in [1.29, 1.82) is 0 Å². The second kappa shape index (κ2) is 6.66. The van der Waals surface area contributed by atoms with Crippen molar-refractivity contribution in [2.45, 2.75) is 38.5 Å². The van der Waals surface area contributed by atoms with Crippen LogP contribution in [0.1, 0.15) is 38.5 Å². The molecule has 0 aliphatic heterocycles. The van der Waals surface area contributed by atoms with Crippen molar-refractivity contribution in [3.05, 3.63) is 30.7 Å². The first-order chi connectivity index (χ1) is 10.3. The van der Waals surface area contributed by atoms with Crippen LogP contribution in [0.2, 0.25) is 0 Å². The van der Waals surface area contributed by atoms with E-state index in [4.69, 9.17) is 4.74 Å². The van der Waals surface area contributed by atoms with Crippen LogP contribution in [0.3, 0.4) is 0 Å². The van der Waals surface area contributed by atoms with Gasteiger partial charge in [0.25, 0.3) is 0 Å². The van der Waals surface area contributed by atoms with Gasteiger partial charge >= 0.3 is 0 Å². The van der Waals surface area contributed by atoms with Gasteiger partial charge in [-0.25, -0.2) is 4.98 Å². The molecule has 0 saturated heterocycles. The van der Waals surface area contributed by atoms with Crippen LogP contribution >= 0.6 is 0 Å². The molecule has 1 aromatic heterocycles. The minimum absolute atomic E-state index is 0.217. The predicted molar refractivity (Wildman–Crippen MR) is 82.4 cm³/mol. The van der Waals surface area contributed by atoms with Crippen LogP contribution in [0.4, 0.5) is 0 Å². The first kappa shape index (κ1) is 14.0. The maximum Gasteiger partial charge on any atom is 0.132 e. The molecule has 0 unspecified atom stereocenters. The van der Waals surface area contributed by atoms with Crippen LogP contribution < -0.4 is 4.74 Å². The Hall–Kier alpha value is -1.97. The molecule has 0 atom stereocenters. The third-order valence-electron chi connectivity index (χ3n) is 4.28. The van der Waals surface area contributed by atoms with Gasteiger partial charge in [0.05, 0.1) is 30.4 Å². The number of hydrogen-bond acceptors (Lipinski definition) is 3. The van der Waals surface area contributed by atoms with E-state index in [1.54, 1.807) is 18.6 Å². The highest BCUT2D eigenvalue weighted by molar-refractivity contribution is 5.73. The lowest BCUT2D eigenvalue weighted by atomic mass is 9.87. The lowest BCUT2D eigenvalue weighted by molar-refractivity contribution is 0.246. The average Bonchev–Trinajstić information content (AvgIpc) is 3.02. The van der Waals surface area contributed by atoms with E-state index >= 15 is 0 Å². The summed E-state index contributed by atoms with van der Waals surface area (Å²) in [5.74, 6) is 1.73. The third-order valence-corrected chi connectivity index (χ3v) is 4.28. The Balaban J connectivity index is 1.66. The number of H-pyrrole nitrogens is 1. The van der Waals surface area contributed by atoms with Crippen LogP contribution in [-0.4, -0.2) is 21.7 Å². The van der Waals surface area contributed by atoms with E-state index in [2.05, 4.69) is 9.97 Å². The van der Waals surface area contributed by atoms with Crippen LogP contribution in [-0.2, 0) is 0 Å². The fourth-order valence-corrected chi connectivity index (χ4v) is 3.11. The predicted octanol–water partition coefficient (Wildman–Crippen LogP) is 4.13. The molecule has 1 saturated carbocycles. The molecule has 3 rings (SSSR count). The molecule has 112 valence electrons. The molecule has 0 bridgehead atoms. The molecule has 1 heterocycles. The Morgan fingerprint density at radius 1 is 1.24 bits per heavy atom. The second-order valence-corrected chi connectivity index (χ2v) is 5.76. The van der Waals surface area contributed by atoms with Gasteiger partial charge in [-0.05, 0) is 24.5 Å². The van der Waals surface area contributed by atoms with E-state index in [1.807, 2.05) is 12.1 Å². The Morgan fingerprint density at radius 2 is 2.10 bits per heavy atom. The minimum Gasteiger partial charge on any atom is -0.507 e. The molecule has 1 aliphatic rings. The fourth-order valence-electron chi connectivity index (χ4n) is 3.11. The number of hydrogen-bond donors (Lipinski definition) is 2. The van der Waals surface area contributed by atoms with Crippen LogP contribution in [0.5, 0.6) is 11.5 Å². The number of aromatic hydroxyl groups is 1. The molecule has 2 aromatic rings. The van der Waals surface area contributed by atoms with Crippen molar-refractivity contribution in [2.24, 2.45) is 5.92 Å². The van der Waals surface area contributed by atoms with Gasteiger partial charge in [0.15, 0.2) is 0 Å². The number of benzene rings is 1. The normalized spacial score (nSPS) is 16.0. The van der Waals surface area contributed by atoms with E-state index < -0.39 is 0 Å². The number of rotatable bonds is 5. The number of phenolic OH excluding ortho intramolecular Hbond substituents is 1. The Bertz CT molecular complexity index is 560. The zero-order valence-electron chi connectivity index (χ0n) is 12.2. The van der Waals surface area contributed by atoms with Gasteiger partial charge in [-0.1, -0.05) is 38.2 Å². The zero-order chi connectivity index (χ0) is 14.5. The summed E-state index contributed by atoms with van der Waals surface area (Å²) in [4.78, 5) is 7.04. The molecule has 4 heteroatoms. The van der Waals surface area contributed by atoms with Crippen molar-refractivity contribution in [2.75, 3.05) is 6.61 Å². The van der Waals surface area contributed by atoms with Gasteiger partial charge in [0, 0.05) is 0 Å². The lowest BCUT2D eigenvalue weighted by Gasteiger charge is -2.21. The number of nitrogens with one attached hydrogen (secondary N) is 1. The molecule has 2 N–H and O–H groups in total. The summed E-state index contributed by atoms with van der Waals surface area (Å²) in [7, 11) is 0. The average molecular weight is 286 g/mol. The van der Waals surface area contributed by atoms with Crippen LogP contribution in [0.25, 0.3) is 11.3 Å². The molecular formula is C17H22N2O2. The second-order valence-electron chi connectivity index (χ2n) is 5.76. The van der Waals surface area contributed by atoms with Gasteiger partial charge in [0.1, 0.15) is 11.5 Å². The Labute approximate surface area is 125 Å². The van der Waals surface area contributed by atoms with E-state index in [-0.39, 0.29) is 5.75 Å². The summed E-state index contributed by atoms with van der Waals surface area (Å²) in [5, 5.41) is 10.1. The summed E-state index contributed by atoms with van der Waals surface area (Å²) < 4.78 is 5.94. The molecular weight excluding hydrogens is 264 g/mol. The van der Waals surface area contributed by atoms with Gasteiger partial charge < -0.3 is 14.8 Å². The summed E-state index contributed by atoms with van der Waals surface area (Å²) >= 11 is 0. The van der Waals surface area contributed by atoms with Gasteiger partial charge in [-0.3, -0.25) is 0 Å². The number of aromatic nitrogens is 2. The molecule has 21 heavy (non-hydrogen) atoms. The molecule has 0 amide bonds. The fraction of sp³-hybridized carbons (Fsp3) is 0.471. The van der Waals surface area contributed by atoms with Crippen molar-refractivity contribution in [3.8, 4) is 22.8 Å². The minimum atomic E-state index is 0.217. The van der Waals surface area contributed by atoms with Gasteiger partial charge in [-0.2, -0.15) is 0 Å². The van der Waals surface area contributed by atoms with E-state index in [1.165, 1.54) is 32.1 Å². The van der Waals surface area contributed by atoms with E-state index in [0.29, 0.717) is 12.2 Å². The van der Waals surface area contributed by atoms with Crippen LogP contribution in [0.15, 0.2) is 30.7 Å². The molecule has 1 aromatic carbocycles. The van der Waals surface area contributed by atoms with Crippen LogP contribution in [0, 0.1) is 5.92 Å². The standard InChI is InChI=1S/C17H22N2O2/c20-15-7-4-8-16(17(15)14-11-18-12-19-14)21-10-9-13-5-2-1-3-6-13/h4,7-8,11-13,20H,1-3,5-6,9-10H2,(H,18,19). The van der Waals surface area contributed by atoms with Crippen molar-refractivity contribution in [3.63, 3.8) is 0 Å². The SMILES string of the molecule is Oc1cccc(OCCC2CCCCC2)c1-c1cnc[nH]1. The smallest absolute Gasteiger partial charge is 0.132 e. The topological polar surface area (TPSA) is 58.1 Å². The highest BCUT2D eigenvalue weighted by Gasteiger charge is 2.15. The first-order valence-electron chi connectivity index (χ1n) is 7.78. The number of imidazole rings is 1. The Morgan fingerprint density at radius 3 is 2.86 bits per heavy atom. The number of nitrogens with zero attached hydrogens (tertiary/aromatic N) is 1. The quantitative estimate of drug-likeness (QED) is 0.868. The highest BCUT2D eigenvalue weighted by atomic mass is 16.5. The monoisotopic (exact) mass is 286 g/mol. The summed E-state index contributed by atoms with van der Waals surface area (Å²) in [6, 6.07) is 5.38. The molecule has 4 nitrogen and oxygen atoms in total. The Kier molecular flexibility index (Phi) is 4.43. The number of ether oxygens (including phenoxy) is 1. The van der Waals surface area contributed by atoms with Crippen molar-refractivity contribution < 1.29 is 9.84 Å². The lowest BCUT2D eigenvalue weighted by Crippen LogP contribution is -2.11. The molecule has 0 spiro atoms. The van der Waals surface area contributed by atoms with Crippen molar-refractivity contribution in [1.82, 2.24) is 9.97 Å². The maximum atomic E-state index is 10.1. The van der Waals surface area contributed by atoms with Crippen molar-refractivity contribution >= 4 is 0 Å². The summed E-state index contributed by atoms with van der Waals surface area (Å²) in [6.45, 7) is 0.704. The van der Waals surface area contributed by atoms with E-state index in [9.17, 15) is 5.11 Å².